The minimum absolute atomic E-state index is 0.0656. The van der Waals surface area contributed by atoms with Crippen LogP contribution < -0.4 is 10.0 Å². The minimum Gasteiger partial charge on any atom is -0.381 e. The SMILES string of the molecule is CC(C)COCCCNC(=O)c1ccc(S(=O)(=O)NC2CC2)cc1. The van der Waals surface area contributed by atoms with E-state index >= 15 is 0 Å². The number of benzene rings is 1. The molecule has 1 aromatic rings. The molecule has 1 saturated carbocycles. The summed E-state index contributed by atoms with van der Waals surface area (Å²) in [6.07, 6.45) is 2.53. The molecule has 1 aliphatic rings. The number of hydrogen-bond donors (Lipinski definition) is 2. The Kier molecular flexibility index (Phi) is 6.77. The summed E-state index contributed by atoms with van der Waals surface area (Å²) in [5, 5.41) is 2.80. The number of sulfonamides is 1. The quantitative estimate of drug-likeness (QED) is 0.629. The Morgan fingerprint density at radius 1 is 1.25 bits per heavy atom. The lowest BCUT2D eigenvalue weighted by atomic mass is 10.2. The topological polar surface area (TPSA) is 84.5 Å². The highest BCUT2D eigenvalue weighted by Crippen LogP contribution is 2.22. The van der Waals surface area contributed by atoms with Gasteiger partial charge in [0.05, 0.1) is 4.90 Å². The van der Waals surface area contributed by atoms with Crippen LogP contribution in [0.4, 0.5) is 0 Å². The summed E-state index contributed by atoms with van der Waals surface area (Å²) in [5.41, 5.74) is 0.448. The lowest BCUT2D eigenvalue weighted by molar-refractivity contribution is 0.0925. The Balaban J connectivity index is 1.76. The van der Waals surface area contributed by atoms with Gasteiger partial charge in [0.2, 0.25) is 10.0 Å². The summed E-state index contributed by atoms with van der Waals surface area (Å²) in [4.78, 5) is 12.2. The number of amides is 1. The number of nitrogens with one attached hydrogen (secondary N) is 2. The van der Waals surface area contributed by atoms with Gasteiger partial charge in [0.25, 0.3) is 5.91 Å². The van der Waals surface area contributed by atoms with E-state index < -0.39 is 10.0 Å². The normalized spacial score (nSPS) is 14.8. The number of ether oxygens (including phenoxy) is 1. The lowest BCUT2D eigenvalue weighted by Crippen LogP contribution is -2.27. The molecular formula is C17H26N2O4S. The van der Waals surface area contributed by atoms with Gasteiger partial charge in [-0.15, -0.1) is 0 Å². The highest BCUT2D eigenvalue weighted by molar-refractivity contribution is 7.89. The minimum atomic E-state index is -3.47. The molecule has 0 unspecified atom stereocenters. The van der Waals surface area contributed by atoms with Gasteiger partial charge in [-0.2, -0.15) is 0 Å². The summed E-state index contributed by atoms with van der Waals surface area (Å²) >= 11 is 0. The first-order valence-electron chi connectivity index (χ1n) is 8.37. The molecule has 1 amide bonds. The van der Waals surface area contributed by atoms with E-state index in [2.05, 4.69) is 23.9 Å². The van der Waals surface area contributed by atoms with Crippen LogP contribution in [0.15, 0.2) is 29.2 Å². The van der Waals surface area contributed by atoms with E-state index in [0.717, 1.165) is 25.9 Å². The Bertz CT molecular complexity index is 637. The molecule has 7 heteroatoms. The van der Waals surface area contributed by atoms with Crippen molar-refractivity contribution in [2.75, 3.05) is 19.8 Å². The van der Waals surface area contributed by atoms with Crippen LogP contribution >= 0.6 is 0 Å². The molecule has 6 nitrogen and oxygen atoms in total. The van der Waals surface area contributed by atoms with E-state index in [9.17, 15) is 13.2 Å². The fourth-order valence-corrected chi connectivity index (χ4v) is 3.38. The zero-order valence-corrected chi connectivity index (χ0v) is 15.1. The second-order valence-corrected chi connectivity index (χ2v) is 8.21. The molecule has 24 heavy (non-hydrogen) atoms. The van der Waals surface area contributed by atoms with Gasteiger partial charge >= 0.3 is 0 Å². The summed E-state index contributed by atoms with van der Waals surface area (Å²) in [7, 11) is -3.47. The van der Waals surface area contributed by atoms with Crippen molar-refractivity contribution in [3.63, 3.8) is 0 Å². The molecule has 1 fully saturated rings. The smallest absolute Gasteiger partial charge is 0.251 e. The van der Waals surface area contributed by atoms with Gasteiger partial charge in [-0.05, 0) is 49.4 Å². The molecule has 134 valence electrons. The Hall–Kier alpha value is -1.44. The summed E-state index contributed by atoms with van der Waals surface area (Å²) in [6.45, 7) is 6.04. The molecule has 1 aliphatic carbocycles. The van der Waals surface area contributed by atoms with E-state index in [1.807, 2.05) is 0 Å². The van der Waals surface area contributed by atoms with Gasteiger partial charge in [0.15, 0.2) is 0 Å². The Morgan fingerprint density at radius 2 is 1.92 bits per heavy atom. The molecule has 0 heterocycles. The standard InChI is InChI=1S/C17H26N2O4S/c1-13(2)12-23-11-3-10-18-17(20)14-4-8-16(9-5-14)24(21,22)19-15-6-7-15/h4-5,8-9,13,15,19H,3,6-7,10-12H2,1-2H3,(H,18,20). The van der Waals surface area contributed by atoms with E-state index in [1.54, 1.807) is 0 Å². The van der Waals surface area contributed by atoms with Gasteiger partial charge < -0.3 is 10.1 Å². The molecule has 0 radical (unpaired) electrons. The van der Waals surface area contributed by atoms with Crippen molar-refractivity contribution >= 4 is 15.9 Å². The maximum atomic E-state index is 12.1. The lowest BCUT2D eigenvalue weighted by Gasteiger charge is -2.09. The van der Waals surface area contributed by atoms with E-state index in [0.29, 0.717) is 24.6 Å². The highest BCUT2D eigenvalue weighted by atomic mass is 32.2. The fraction of sp³-hybridized carbons (Fsp3) is 0.588. The second kappa shape index (κ2) is 8.60. The molecule has 0 aliphatic heterocycles. The molecule has 0 spiro atoms. The molecule has 0 saturated heterocycles. The predicted molar refractivity (Wildman–Crippen MR) is 92.4 cm³/mol. The monoisotopic (exact) mass is 354 g/mol. The first-order chi connectivity index (χ1) is 11.4. The number of hydrogen-bond acceptors (Lipinski definition) is 4. The Labute approximate surface area is 144 Å². The van der Waals surface area contributed by atoms with Gasteiger partial charge in [0, 0.05) is 31.4 Å². The van der Waals surface area contributed by atoms with Crippen LogP contribution in [-0.2, 0) is 14.8 Å². The number of carbonyl (C=O) groups excluding carboxylic acids is 1. The zero-order valence-electron chi connectivity index (χ0n) is 14.2. The zero-order chi connectivity index (χ0) is 17.6. The first-order valence-corrected chi connectivity index (χ1v) is 9.85. The van der Waals surface area contributed by atoms with Crippen molar-refractivity contribution in [3.05, 3.63) is 29.8 Å². The van der Waals surface area contributed by atoms with Gasteiger partial charge in [-0.25, -0.2) is 13.1 Å². The van der Waals surface area contributed by atoms with Crippen LogP contribution in [0.3, 0.4) is 0 Å². The maximum absolute atomic E-state index is 12.1. The van der Waals surface area contributed by atoms with Crippen molar-refractivity contribution in [2.45, 2.75) is 44.0 Å². The van der Waals surface area contributed by atoms with Crippen LogP contribution in [-0.4, -0.2) is 40.1 Å². The highest BCUT2D eigenvalue weighted by Gasteiger charge is 2.27. The van der Waals surface area contributed by atoms with Crippen molar-refractivity contribution < 1.29 is 17.9 Å². The fourth-order valence-electron chi connectivity index (χ4n) is 2.07. The van der Waals surface area contributed by atoms with Gasteiger partial charge in [-0.3, -0.25) is 4.79 Å². The average Bonchev–Trinajstić information content (AvgIpc) is 3.33. The van der Waals surface area contributed by atoms with Gasteiger partial charge in [0.1, 0.15) is 0 Å². The first kappa shape index (κ1) is 18.9. The largest absolute Gasteiger partial charge is 0.381 e. The van der Waals surface area contributed by atoms with Crippen molar-refractivity contribution in [1.29, 1.82) is 0 Å². The van der Waals surface area contributed by atoms with Crippen molar-refractivity contribution in [3.8, 4) is 0 Å². The third-order valence-electron chi connectivity index (χ3n) is 3.53. The molecule has 0 aromatic heterocycles. The predicted octanol–water partition coefficient (Wildman–Crippen LogP) is 1.92. The average molecular weight is 354 g/mol. The van der Waals surface area contributed by atoms with Crippen LogP contribution in [0.25, 0.3) is 0 Å². The van der Waals surface area contributed by atoms with Crippen LogP contribution in [0.5, 0.6) is 0 Å². The molecule has 0 atom stereocenters. The Morgan fingerprint density at radius 3 is 2.50 bits per heavy atom. The number of carbonyl (C=O) groups is 1. The third-order valence-corrected chi connectivity index (χ3v) is 5.06. The van der Waals surface area contributed by atoms with Crippen molar-refractivity contribution in [1.82, 2.24) is 10.0 Å². The summed E-state index contributed by atoms with van der Waals surface area (Å²) in [5.74, 6) is 0.293. The van der Waals surface area contributed by atoms with E-state index in [4.69, 9.17) is 4.74 Å². The summed E-state index contributed by atoms with van der Waals surface area (Å²) in [6, 6.07) is 6.06. The van der Waals surface area contributed by atoms with Crippen LogP contribution in [0.1, 0.15) is 43.5 Å². The third kappa shape index (κ3) is 6.22. The molecule has 2 rings (SSSR count). The van der Waals surface area contributed by atoms with Gasteiger partial charge in [-0.1, -0.05) is 13.8 Å². The maximum Gasteiger partial charge on any atom is 0.251 e. The molecular weight excluding hydrogens is 328 g/mol. The molecule has 1 aromatic carbocycles. The van der Waals surface area contributed by atoms with Crippen molar-refractivity contribution in [2.24, 2.45) is 5.92 Å². The molecule has 2 N–H and O–H groups in total. The molecule has 0 bridgehead atoms. The summed E-state index contributed by atoms with van der Waals surface area (Å²) < 4.78 is 32.2. The van der Waals surface area contributed by atoms with E-state index in [-0.39, 0.29) is 16.8 Å². The van der Waals surface area contributed by atoms with Crippen LogP contribution in [0.2, 0.25) is 0 Å². The van der Waals surface area contributed by atoms with Crippen LogP contribution in [0, 0.1) is 5.92 Å². The number of rotatable bonds is 10. The van der Waals surface area contributed by atoms with E-state index in [1.165, 1.54) is 24.3 Å². The second-order valence-electron chi connectivity index (χ2n) is 6.50.